The summed E-state index contributed by atoms with van der Waals surface area (Å²) in [7, 11) is 0. The minimum atomic E-state index is 0.644. The summed E-state index contributed by atoms with van der Waals surface area (Å²) < 4.78 is 1.87. The molecule has 0 bridgehead atoms. The van der Waals surface area contributed by atoms with E-state index >= 15 is 0 Å². The largest absolute Gasteiger partial charge is 0.213 e. The molecule has 0 unspecified atom stereocenters. The summed E-state index contributed by atoms with van der Waals surface area (Å²) >= 11 is 12.9. The summed E-state index contributed by atoms with van der Waals surface area (Å²) in [5.74, 6) is 0.644. The van der Waals surface area contributed by atoms with Crippen molar-refractivity contribution in [3.63, 3.8) is 0 Å². The summed E-state index contributed by atoms with van der Waals surface area (Å²) in [6.45, 7) is 5.90. The van der Waals surface area contributed by atoms with Gasteiger partial charge in [0, 0.05) is 21.0 Å². The van der Waals surface area contributed by atoms with Gasteiger partial charge in [-0.3, -0.25) is 0 Å². The van der Waals surface area contributed by atoms with Gasteiger partial charge < -0.3 is 0 Å². The second kappa shape index (κ2) is 5.47. The molecule has 0 atom stereocenters. The lowest BCUT2D eigenvalue weighted by Crippen LogP contribution is -1.96. The van der Waals surface area contributed by atoms with Crippen LogP contribution in [-0.2, 0) is 0 Å². The number of fused-ring (bicyclic) bond motifs is 3. The number of halogens is 2. The monoisotopic (exact) mass is 355 g/mol. The number of hydrogen-bond donors (Lipinski definition) is 0. The normalized spacial score (nSPS) is 11.5. The standard InChI is InChI=1S/C19H15Cl2N3/c1-10-16(11(2)18(21)12(3)17(10)20)19-22-15-9-8-13-6-4-5-7-14(13)24(15)23-19/h4-9H,1-3H3. The van der Waals surface area contributed by atoms with Crippen molar-refractivity contribution in [3.8, 4) is 11.4 Å². The quantitative estimate of drug-likeness (QED) is 0.433. The van der Waals surface area contributed by atoms with Crippen molar-refractivity contribution in [2.24, 2.45) is 0 Å². The van der Waals surface area contributed by atoms with E-state index in [0.717, 1.165) is 38.8 Å². The molecule has 0 saturated heterocycles. The Kier molecular flexibility index (Phi) is 3.52. The average molecular weight is 356 g/mol. The van der Waals surface area contributed by atoms with Crippen molar-refractivity contribution in [2.75, 3.05) is 0 Å². The summed E-state index contributed by atoms with van der Waals surface area (Å²) in [6, 6.07) is 12.1. The Labute approximate surface area is 149 Å². The Morgan fingerprint density at radius 3 is 2.21 bits per heavy atom. The van der Waals surface area contributed by atoms with Gasteiger partial charge in [0.1, 0.15) is 0 Å². The SMILES string of the molecule is Cc1c(Cl)c(C)c(-c2nc3ccc4ccccc4n3n2)c(C)c1Cl. The fraction of sp³-hybridized carbons (Fsp3) is 0.158. The Morgan fingerprint density at radius 1 is 0.833 bits per heavy atom. The second-order valence-electron chi connectivity index (χ2n) is 5.98. The van der Waals surface area contributed by atoms with E-state index in [0.29, 0.717) is 15.9 Å². The first kappa shape index (κ1) is 15.4. The molecule has 0 aliphatic heterocycles. The van der Waals surface area contributed by atoms with Crippen molar-refractivity contribution in [2.45, 2.75) is 20.8 Å². The fourth-order valence-corrected chi connectivity index (χ4v) is 3.62. The molecule has 0 spiro atoms. The molecule has 2 heterocycles. The molecule has 120 valence electrons. The molecule has 4 aromatic rings. The van der Waals surface area contributed by atoms with Crippen LogP contribution >= 0.6 is 23.2 Å². The maximum Gasteiger partial charge on any atom is 0.182 e. The van der Waals surface area contributed by atoms with Crippen LogP contribution in [0.2, 0.25) is 10.0 Å². The molecule has 3 nitrogen and oxygen atoms in total. The molecule has 5 heteroatoms. The van der Waals surface area contributed by atoms with Crippen LogP contribution < -0.4 is 0 Å². The van der Waals surface area contributed by atoms with Crippen LogP contribution in [0.25, 0.3) is 27.9 Å². The third-order valence-electron chi connectivity index (χ3n) is 4.50. The molecular weight excluding hydrogens is 341 g/mol. The predicted molar refractivity (Wildman–Crippen MR) is 100 cm³/mol. The van der Waals surface area contributed by atoms with Gasteiger partial charge in [0.15, 0.2) is 11.5 Å². The maximum absolute atomic E-state index is 6.46. The van der Waals surface area contributed by atoms with Crippen LogP contribution in [-0.4, -0.2) is 14.6 Å². The first-order valence-electron chi connectivity index (χ1n) is 7.68. The minimum absolute atomic E-state index is 0.644. The van der Waals surface area contributed by atoms with E-state index < -0.39 is 0 Å². The van der Waals surface area contributed by atoms with Crippen LogP contribution in [0.1, 0.15) is 16.7 Å². The lowest BCUT2D eigenvalue weighted by Gasteiger charge is -2.13. The van der Waals surface area contributed by atoms with Crippen LogP contribution in [0.4, 0.5) is 0 Å². The van der Waals surface area contributed by atoms with E-state index in [2.05, 4.69) is 12.1 Å². The van der Waals surface area contributed by atoms with Gasteiger partial charge in [-0.15, -0.1) is 5.10 Å². The zero-order valence-corrected chi connectivity index (χ0v) is 15.1. The number of pyridine rings is 1. The third kappa shape index (κ3) is 2.12. The second-order valence-corrected chi connectivity index (χ2v) is 6.73. The number of aromatic nitrogens is 3. The van der Waals surface area contributed by atoms with E-state index in [1.54, 1.807) is 0 Å². The van der Waals surface area contributed by atoms with Gasteiger partial charge in [-0.05, 0) is 55.7 Å². The highest BCUT2D eigenvalue weighted by molar-refractivity contribution is 6.37. The molecule has 0 amide bonds. The van der Waals surface area contributed by atoms with Crippen LogP contribution in [0, 0.1) is 20.8 Å². The van der Waals surface area contributed by atoms with Crippen LogP contribution in [0.5, 0.6) is 0 Å². The van der Waals surface area contributed by atoms with Gasteiger partial charge in [-0.1, -0.05) is 41.4 Å². The zero-order valence-electron chi connectivity index (χ0n) is 13.6. The van der Waals surface area contributed by atoms with Crippen LogP contribution in [0.15, 0.2) is 36.4 Å². The third-order valence-corrected chi connectivity index (χ3v) is 5.63. The van der Waals surface area contributed by atoms with Gasteiger partial charge in [0.25, 0.3) is 0 Å². The number of rotatable bonds is 1. The van der Waals surface area contributed by atoms with Gasteiger partial charge in [-0.2, -0.15) is 0 Å². The summed E-state index contributed by atoms with van der Waals surface area (Å²) in [5.41, 5.74) is 5.53. The lowest BCUT2D eigenvalue weighted by molar-refractivity contribution is 1.01. The first-order valence-corrected chi connectivity index (χ1v) is 8.44. The van der Waals surface area contributed by atoms with E-state index in [-0.39, 0.29) is 0 Å². The van der Waals surface area contributed by atoms with Gasteiger partial charge >= 0.3 is 0 Å². The van der Waals surface area contributed by atoms with Crippen molar-refractivity contribution in [1.82, 2.24) is 14.6 Å². The Morgan fingerprint density at radius 2 is 1.50 bits per heavy atom. The highest BCUT2D eigenvalue weighted by Gasteiger charge is 2.19. The fourth-order valence-electron chi connectivity index (χ4n) is 3.20. The molecule has 0 aliphatic carbocycles. The predicted octanol–water partition coefficient (Wildman–Crippen LogP) is 5.78. The topological polar surface area (TPSA) is 30.2 Å². The Hall–Kier alpha value is -2.10. The molecule has 4 rings (SSSR count). The van der Waals surface area contributed by atoms with E-state index in [9.17, 15) is 0 Å². The van der Waals surface area contributed by atoms with Gasteiger partial charge in [0.2, 0.25) is 0 Å². The van der Waals surface area contributed by atoms with E-state index in [1.165, 1.54) is 0 Å². The van der Waals surface area contributed by atoms with Gasteiger partial charge in [0.05, 0.1) is 5.52 Å². The number of hydrogen-bond acceptors (Lipinski definition) is 2. The molecule has 2 aromatic heterocycles. The van der Waals surface area contributed by atoms with Crippen molar-refractivity contribution < 1.29 is 0 Å². The number of benzene rings is 2. The highest BCUT2D eigenvalue weighted by atomic mass is 35.5. The zero-order chi connectivity index (χ0) is 17.0. The van der Waals surface area contributed by atoms with Crippen molar-refractivity contribution in [3.05, 3.63) is 63.1 Å². The van der Waals surface area contributed by atoms with E-state index in [1.807, 2.05) is 49.6 Å². The number of nitrogens with zero attached hydrogens (tertiary/aromatic N) is 3. The maximum atomic E-state index is 6.46. The molecule has 2 aromatic carbocycles. The first-order chi connectivity index (χ1) is 11.5. The molecule has 0 saturated carbocycles. The van der Waals surface area contributed by atoms with E-state index in [4.69, 9.17) is 33.3 Å². The van der Waals surface area contributed by atoms with Crippen molar-refractivity contribution in [1.29, 1.82) is 0 Å². The highest BCUT2D eigenvalue weighted by Crippen LogP contribution is 2.38. The van der Waals surface area contributed by atoms with Crippen LogP contribution in [0.3, 0.4) is 0 Å². The Bertz CT molecular complexity index is 1080. The minimum Gasteiger partial charge on any atom is -0.213 e. The Balaban J connectivity index is 2.07. The summed E-state index contributed by atoms with van der Waals surface area (Å²) in [6.07, 6.45) is 0. The summed E-state index contributed by atoms with van der Waals surface area (Å²) in [4.78, 5) is 4.70. The molecule has 0 radical (unpaired) electrons. The van der Waals surface area contributed by atoms with Gasteiger partial charge in [-0.25, -0.2) is 9.50 Å². The molecule has 0 fully saturated rings. The molecule has 24 heavy (non-hydrogen) atoms. The molecule has 0 N–H and O–H groups in total. The summed E-state index contributed by atoms with van der Waals surface area (Å²) in [5, 5.41) is 7.19. The smallest absolute Gasteiger partial charge is 0.182 e. The molecule has 0 aliphatic rings. The molecular formula is C19H15Cl2N3. The lowest BCUT2D eigenvalue weighted by atomic mass is 9.99. The number of para-hydroxylation sites is 1. The van der Waals surface area contributed by atoms with Crippen molar-refractivity contribution >= 4 is 39.8 Å². The average Bonchev–Trinajstić information content (AvgIpc) is 3.02.